The topological polar surface area (TPSA) is 62.5 Å². The lowest BCUT2D eigenvalue weighted by molar-refractivity contribution is 0.102. The average Bonchev–Trinajstić information content (AvgIpc) is 2.93. The van der Waals surface area contributed by atoms with Crippen molar-refractivity contribution in [2.45, 2.75) is 0 Å². The Bertz CT molecular complexity index is 638. The summed E-state index contributed by atoms with van der Waals surface area (Å²) in [5.74, 6) is 3.95. The number of aliphatic hydroxyl groups excluding tert-OH is 1. The molecular weight excluding hydrogens is 249 g/mol. The summed E-state index contributed by atoms with van der Waals surface area (Å²) in [5.41, 5.74) is 0.890. The summed E-state index contributed by atoms with van der Waals surface area (Å²) in [6.07, 6.45) is 2.70. The molecule has 0 unspecified atom stereocenters. The second-order valence-electron chi connectivity index (χ2n) is 3.62. The van der Waals surface area contributed by atoms with E-state index >= 15 is 0 Å². The summed E-state index contributed by atoms with van der Waals surface area (Å²) in [5, 5.41) is 11.2. The number of carbonyl (C=O) groups excluding carboxylic acids is 1. The van der Waals surface area contributed by atoms with Crippen LogP contribution in [-0.4, -0.2) is 17.6 Å². The van der Waals surface area contributed by atoms with Crippen LogP contribution >= 0.6 is 0 Å². The molecule has 96 valence electrons. The lowest BCUT2D eigenvalue weighted by atomic mass is 10.2. The van der Waals surface area contributed by atoms with Gasteiger partial charge in [0.1, 0.15) is 18.7 Å². The number of benzene rings is 1. The first-order chi connectivity index (χ1) is 9.20. The second kappa shape index (κ2) is 5.85. The summed E-state index contributed by atoms with van der Waals surface area (Å²) >= 11 is 0. The third-order valence-electron chi connectivity index (χ3n) is 2.31. The largest absolute Gasteiger partial charge is 0.472 e. The minimum Gasteiger partial charge on any atom is -0.472 e. The number of aliphatic hydroxyl groups is 1. The van der Waals surface area contributed by atoms with Crippen molar-refractivity contribution in [2.24, 2.45) is 0 Å². The van der Waals surface area contributed by atoms with E-state index in [2.05, 4.69) is 17.2 Å². The van der Waals surface area contributed by atoms with Gasteiger partial charge in [-0.25, -0.2) is 4.39 Å². The highest BCUT2D eigenvalue weighted by Crippen LogP contribution is 2.15. The molecule has 5 heteroatoms. The molecule has 2 rings (SSSR count). The van der Waals surface area contributed by atoms with Gasteiger partial charge in [-0.1, -0.05) is 11.8 Å². The highest BCUT2D eigenvalue weighted by atomic mass is 19.1. The SMILES string of the molecule is O=C(Nc1ccc(F)c(C#CCO)c1)c1ccoc1. The zero-order valence-corrected chi connectivity index (χ0v) is 9.81. The molecule has 0 radical (unpaired) electrons. The van der Waals surface area contributed by atoms with Gasteiger partial charge in [-0.05, 0) is 24.3 Å². The van der Waals surface area contributed by atoms with Crippen LogP contribution in [0, 0.1) is 17.7 Å². The van der Waals surface area contributed by atoms with E-state index in [1.165, 1.54) is 36.8 Å². The number of hydrogen-bond acceptors (Lipinski definition) is 3. The molecule has 2 aromatic rings. The Balaban J connectivity index is 2.19. The van der Waals surface area contributed by atoms with Crippen LogP contribution in [0.1, 0.15) is 15.9 Å². The first-order valence-corrected chi connectivity index (χ1v) is 5.43. The maximum atomic E-state index is 13.4. The zero-order chi connectivity index (χ0) is 13.7. The minimum atomic E-state index is -0.512. The number of anilines is 1. The molecule has 1 amide bonds. The molecule has 1 heterocycles. The molecule has 0 saturated heterocycles. The first-order valence-electron chi connectivity index (χ1n) is 5.43. The van der Waals surface area contributed by atoms with Crippen LogP contribution in [-0.2, 0) is 0 Å². The molecule has 0 spiro atoms. The number of furan rings is 1. The van der Waals surface area contributed by atoms with Crippen molar-refractivity contribution in [1.29, 1.82) is 0 Å². The molecule has 0 aliphatic heterocycles. The number of carbonyl (C=O) groups is 1. The molecular formula is C14H10FNO3. The van der Waals surface area contributed by atoms with Crippen LogP contribution in [0.3, 0.4) is 0 Å². The number of halogens is 1. The van der Waals surface area contributed by atoms with Crippen molar-refractivity contribution in [3.63, 3.8) is 0 Å². The van der Waals surface area contributed by atoms with Gasteiger partial charge in [-0.2, -0.15) is 0 Å². The standard InChI is InChI=1S/C14H10FNO3/c15-13-4-3-12(8-10(13)2-1-6-17)16-14(18)11-5-7-19-9-11/h3-5,7-9,17H,6H2,(H,16,18). The maximum Gasteiger partial charge on any atom is 0.258 e. The van der Waals surface area contributed by atoms with Crippen molar-refractivity contribution in [2.75, 3.05) is 11.9 Å². The second-order valence-corrected chi connectivity index (χ2v) is 3.62. The van der Waals surface area contributed by atoms with E-state index < -0.39 is 5.82 Å². The summed E-state index contributed by atoms with van der Waals surface area (Å²) < 4.78 is 18.2. The summed E-state index contributed by atoms with van der Waals surface area (Å²) in [4.78, 5) is 11.7. The predicted molar refractivity (Wildman–Crippen MR) is 67.0 cm³/mol. The highest BCUT2D eigenvalue weighted by Gasteiger charge is 2.08. The van der Waals surface area contributed by atoms with Crippen LogP contribution < -0.4 is 5.32 Å². The molecule has 0 atom stereocenters. The van der Waals surface area contributed by atoms with Gasteiger partial charge < -0.3 is 14.8 Å². The maximum absolute atomic E-state index is 13.4. The molecule has 0 aliphatic carbocycles. The van der Waals surface area contributed by atoms with Crippen LogP contribution in [0.5, 0.6) is 0 Å². The Hall–Kier alpha value is -2.58. The van der Waals surface area contributed by atoms with Crippen LogP contribution in [0.2, 0.25) is 0 Å². The molecule has 4 nitrogen and oxygen atoms in total. The number of nitrogens with one attached hydrogen (secondary N) is 1. The highest BCUT2D eigenvalue weighted by molar-refractivity contribution is 6.04. The number of rotatable bonds is 2. The smallest absolute Gasteiger partial charge is 0.258 e. The van der Waals surface area contributed by atoms with E-state index in [9.17, 15) is 9.18 Å². The lowest BCUT2D eigenvalue weighted by Crippen LogP contribution is -2.11. The molecule has 0 bridgehead atoms. The number of amides is 1. The predicted octanol–water partition coefficient (Wildman–Crippen LogP) is 2.01. The minimum absolute atomic E-state index is 0.110. The quantitative estimate of drug-likeness (QED) is 0.811. The lowest BCUT2D eigenvalue weighted by Gasteiger charge is -2.04. The third-order valence-corrected chi connectivity index (χ3v) is 2.31. The first kappa shape index (κ1) is 12.9. The molecule has 2 N–H and O–H groups in total. The van der Waals surface area contributed by atoms with E-state index in [4.69, 9.17) is 9.52 Å². The monoisotopic (exact) mass is 259 g/mol. The Morgan fingerprint density at radius 1 is 1.42 bits per heavy atom. The van der Waals surface area contributed by atoms with Crippen molar-refractivity contribution in [3.05, 3.63) is 53.7 Å². The Kier molecular flexibility index (Phi) is 3.96. The average molecular weight is 259 g/mol. The Morgan fingerprint density at radius 2 is 2.26 bits per heavy atom. The molecule has 19 heavy (non-hydrogen) atoms. The normalized spacial score (nSPS) is 9.58. The van der Waals surface area contributed by atoms with Crippen LogP contribution in [0.4, 0.5) is 10.1 Å². The van der Waals surface area contributed by atoms with Gasteiger partial charge in [0.15, 0.2) is 0 Å². The Morgan fingerprint density at radius 3 is 2.95 bits per heavy atom. The number of hydrogen-bond donors (Lipinski definition) is 2. The van der Waals surface area contributed by atoms with Crippen molar-refractivity contribution in [1.82, 2.24) is 0 Å². The van der Waals surface area contributed by atoms with E-state index in [-0.39, 0.29) is 18.1 Å². The fourth-order valence-electron chi connectivity index (χ4n) is 1.43. The van der Waals surface area contributed by atoms with Crippen molar-refractivity contribution < 1.29 is 18.7 Å². The van der Waals surface area contributed by atoms with E-state index in [1.807, 2.05) is 0 Å². The molecule has 0 fully saturated rings. The van der Waals surface area contributed by atoms with Crippen LogP contribution in [0.25, 0.3) is 0 Å². The van der Waals surface area contributed by atoms with Gasteiger partial charge in [0.05, 0.1) is 17.4 Å². The summed E-state index contributed by atoms with van der Waals surface area (Å²) in [6, 6.07) is 5.55. The van der Waals surface area contributed by atoms with Gasteiger partial charge in [0, 0.05) is 5.69 Å². The zero-order valence-electron chi connectivity index (χ0n) is 9.81. The molecule has 1 aromatic heterocycles. The van der Waals surface area contributed by atoms with Gasteiger partial charge in [0.2, 0.25) is 0 Å². The fraction of sp³-hybridized carbons (Fsp3) is 0.0714. The molecule has 0 saturated carbocycles. The molecule has 1 aromatic carbocycles. The molecule has 0 aliphatic rings. The summed E-state index contributed by atoms with van der Waals surface area (Å²) in [6.45, 7) is -0.356. The van der Waals surface area contributed by atoms with Crippen molar-refractivity contribution >= 4 is 11.6 Å². The fourth-order valence-corrected chi connectivity index (χ4v) is 1.43. The third kappa shape index (κ3) is 3.21. The summed E-state index contributed by atoms with van der Waals surface area (Å²) in [7, 11) is 0. The van der Waals surface area contributed by atoms with Gasteiger partial charge >= 0.3 is 0 Å². The van der Waals surface area contributed by atoms with Gasteiger partial charge in [-0.3, -0.25) is 4.79 Å². The van der Waals surface area contributed by atoms with Crippen LogP contribution in [0.15, 0.2) is 41.2 Å². The van der Waals surface area contributed by atoms with Gasteiger partial charge in [0.25, 0.3) is 5.91 Å². The van der Waals surface area contributed by atoms with Crippen molar-refractivity contribution in [3.8, 4) is 11.8 Å². The van der Waals surface area contributed by atoms with Gasteiger partial charge in [-0.15, -0.1) is 0 Å². The van der Waals surface area contributed by atoms with E-state index in [0.29, 0.717) is 11.3 Å². The van der Waals surface area contributed by atoms with E-state index in [0.717, 1.165) is 0 Å². The van der Waals surface area contributed by atoms with E-state index in [1.54, 1.807) is 0 Å². The Labute approximate surface area is 108 Å².